The van der Waals surface area contributed by atoms with Crippen LogP contribution in [0, 0.1) is 19.9 Å². The smallest absolute Gasteiger partial charge is 0.155 e. The molecule has 0 unspecified atom stereocenters. The summed E-state index contributed by atoms with van der Waals surface area (Å²) in [6.45, 7) is 7.05. The third-order valence-electron chi connectivity index (χ3n) is 5.84. The van der Waals surface area contributed by atoms with Gasteiger partial charge in [-0.1, -0.05) is 86.6 Å². The Kier molecular flexibility index (Phi) is 9.90. The van der Waals surface area contributed by atoms with Crippen molar-refractivity contribution in [3.63, 3.8) is 0 Å². The van der Waals surface area contributed by atoms with E-state index in [0.29, 0.717) is 0 Å². The predicted octanol–water partition coefficient (Wildman–Crippen LogP) is 8.69. The second-order valence-electron chi connectivity index (χ2n) is 9.17. The van der Waals surface area contributed by atoms with Gasteiger partial charge in [-0.2, -0.15) is 0 Å². The molecule has 0 aliphatic rings. The van der Waals surface area contributed by atoms with Crippen LogP contribution in [0.1, 0.15) is 25.0 Å². The average Bonchev–Trinajstić information content (AvgIpc) is 2.88. The van der Waals surface area contributed by atoms with Crippen LogP contribution in [0.15, 0.2) is 109 Å². The predicted molar refractivity (Wildman–Crippen MR) is 153 cm³/mol. The molecule has 0 aliphatic carbocycles. The van der Waals surface area contributed by atoms with Crippen molar-refractivity contribution in [2.45, 2.75) is 27.7 Å². The van der Waals surface area contributed by atoms with Crippen LogP contribution >= 0.6 is 0 Å². The van der Waals surface area contributed by atoms with Crippen LogP contribution in [0.25, 0.3) is 44.4 Å². The Morgan fingerprint density at radius 1 is 0.789 bits per heavy atom. The molecule has 0 amide bonds. The van der Waals surface area contributed by atoms with Crippen molar-refractivity contribution < 1.29 is 30.0 Å². The number of aliphatic hydroxyl groups excluding tert-OH is 1. The van der Waals surface area contributed by atoms with Crippen LogP contribution < -0.4 is 0 Å². The van der Waals surface area contributed by atoms with Gasteiger partial charge < -0.3 is 5.11 Å². The molecule has 1 radical (unpaired) electrons. The molecule has 5 aromatic rings. The quantitative estimate of drug-likeness (QED) is 0.118. The van der Waals surface area contributed by atoms with Gasteiger partial charge in [0.05, 0.1) is 11.3 Å². The summed E-state index contributed by atoms with van der Waals surface area (Å²) < 4.78 is 0. The molecule has 4 heteroatoms. The van der Waals surface area contributed by atoms with Gasteiger partial charge in [-0.25, -0.2) is 0 Å². The zero-order valence-electron chi connectivity index (χ0n) is 22.0. The van der Waals surface area contributed by atoms with Gasteiger partial charge in [-0.15, -0.1) is 34.9 Å². The number of pyridine rings is 1. The Morgan fingerprint density at radius 3 is 1.97 bits per heavy atom. The number of ketones is 1. The van der Waals surface area contributed by atoms with E-state index in [0.717, 1.165) is 27.7 Å². The molecule has 0 saturated heterocycles. The van der Waals surface area contributed by atoms with Gasteiger partial charge in [0.1, 0.15) is 0 Å². The summed E-state index contributed by atoms with van der Waals surface area (Å²) in [5, 5.41) is 9.53. The first-order chi connectivity index (χ1) is 17.8. The monoisotopic (exact) mass is 677 g/mol. The van der Waals surface area contributed by atoms with Crippen molar-refractivity contribution in [1.29, 1.82) is 0 Å². The number of carbonyl (C=O) groups excluding carboxylic acids is 1. The minimum atomic E-state index is -0.125. The summed E-state index contributed by atoms with van der Waals surface area (Å²) in [5.74, 6) is -0.0625. The number of hydrogen-bond donors (Lipinski definition) is 1. The number of nitrogens with zero attached hydrogens (tertiary/aromatic N) is 1. The van der Waals surface area contributed by atoms with Crippen molar-refractivity contribution in [3.05, 3.63) is 126 Å². The number of aromatic nitrogens is 1. The first-order valence-electron chi connectivity index (χ1n) is 12.2. The van der Waals surface area contributed by atoms with E-state index in [-0.39, 0.29) is 31.6 Å². The van der Waals surface area contributed by atoms with Gasteiger partial charge in [0.15, 0.2) is 5.78 Å². The SMILES string of the molecule is CC(=O)/C=C(/C)O.Cc1[c-]c(-c2cc(-c3ccccc3)c3cc(-c4ccccc4)ccc3n2)cc(C)c1.[Ir]. The van der Waals surface area contributed by atoms with Crippen molar-refractivity contribution in [1.82, 2.24) is 4.98 Å². The maximum Gasteiger partial charge on any atom is 0.155 e. The van der Waals surface area contributed by atoms with Gasteiger partial charge in [0.2, 0.25) is 0 Å². The molecule has 4 aromatic carbocycles. The van der Waals surface area contributed by atoms with E-state index in [2.05, 4.69) is 111 Å². The summed E-state index contributed by atoms with van der Waals surface area (Å²) in [6.07, 6.45) is 1.17. The van der Waals surface area contributed by atoms with Crippen LogP contribution in [0.4, 0.5) is 0 Å². The van der Waals surface area contributed by atoms with Crippen LogP contribution in [-0.4, -0.2) is 15.9 Å². The molecule has 0 fully saturated rings. The first kappa shape index (κ1) is 28.7. The molecular formula is C34H30IrNO2-. The topological polar surface area (TPSA) is 50.2 Å². The van der Waals surface area contributed by atoms with E-state index in [9.17, 15) is 4.79 Å². The van der Waals surface area contributed by atoms with E-state index in [1.807, 2.05) is 6.07 Å². The Balaban J connectivity index is 0.000000444. The number of aryl methyl sites for hydroxylation is 2. The molecule has 193 valence electrons. The molecule has 0 aliphatic heterocycles. The number of hydrogen-bond acceptors (Lipinski definition) is 3. The Hall–Kier alpha value is -3.85. The second-order valence-corrected chi connectivity index (χ2v) is 9.17. The van der Waals surface area contributed by atoms with Crippen LogP contribution in [0.3, 0.4) is 0 Å². The van der Waals surface area contributed by atoms with E-state index >= 15 is 0 Å². The zero-order valence-corrected chi connectivity index (χ0v) is 24.3. The van der Waals surface area contributed by atoms with E-state index < -0.39 is 0 Å². The van der Waals surface area contributed by atoms with Crippen molar-refractivity contribution >= 4 is 16.7 Å². The third-order valence-corrected chi connectivity index (χ3v) is 5.84. The summed E-state index contributed by atoms with van der Waals surface area (Å²) >= 11 is 0. The molecule has 1 aromatic heterocycles. The standard InChI is InChI=1S/C29H22N.C5H8O2.Ir/c1-20-15-21(2)17-25(16-20)29-19-26(23-11-7-4-8-12-23)27-18-24(13-14-28(27)30-29)22-9-5-3-6-10-22;1-4(6)3-5(2)7;/h3-16,18-19H,1-2H3;3,6H,1-2H3;/q-1;;/b;4-3-;. The molecule has 38 heavy (non-hydrogen) atoms. The van der Waals surface area contributed by atoms with E-state index in [1.165, 1.54) is 47.7 Å². The first-order valence-corrected chi connectivity index (χ1v) is 12.2. The molecule has 1 N–H and O–H groups in total. The number of carbonyl (C=O) groups is 1. The third kappa shape index (κ3) is 7.35. The minimum Gasteiger partial charge on any atom is -0.512 e. The molecule has 1 heterocycles. The largest absolute Gasteiger partial charge is 0.512 e. The molecular weight excluding hydrogens is 647 g/mol. The number of allylic oxidation sites excluding steroid dienone is 2. The van der Waals surface area contributed by atoms with Crippen molar-refractivity contribution in [2.24, 2.45) is 0 Å². The normalized spacial score (nSPS) is 10.8. The van der Waals surface area contributed by atoms with Gasteiger partial charge in [0, 0.05) is 31.6 Å². The maximum atomic E-state index is 10.0. The fourth-order valence-corrected chi connectivity index (χ4v) is 4.36. The fraction of sp³-hybridized carbons (Fsp3) is 0.118. The summed E-state index contributed by atoms with van der Waals surface area (Å²) in [4.78, 5) is 15.0. The van der Waals surface area contributed by atoms with E-state index in [1.54, 1.807) is 0 Å². The fourth-order valence-electron chi connectivity index (χ4n) is 4.36. The number of benzene rings is 4. The molecule has 0 atom stereocenters. The molecule has 5 rings (SSSR count). The van der Waals surface area contributed by atoms with Gasteiger partial charge >= 0.3 is 0 Å². The summed E-state index contributed by atoms with van der Waals surface area (Å²) in [6, 6.07) is 37.6. The van der Waals surface area contributed by atoms with E-state index in [4.69, 9.17) is 10.1 Å². The Morgan fingerprint density at radius 2 is 1.42 bits per heavy atom. The second kappa shape index (κ2) is 13.1. The summed E-state index contributed by atoms with van der Waals surface area (Å²) in [7, 11) is 0. The Labute approximate surface area is 238 Å². The zero-order chi connectivity index (χ0) is 26.4. The minimum absolute atomic E-state index is 0. The maximum absolute atomic E-state index is 10.0. The number of fused-ring (bicyclic) bond motifs is 1. The van der Waals surface area contributed by atoms with Crippen LogP contribution in [0.2, 0.25) is 0 Å². The molecule has 0 spiro atoms. The van der Waals surface area contributed by atoms with Crippen molar-refractivity contribution in [2.75, 3.05) is 0 Å². The van der Waals surface area contributed by atoms with Crippen LogP contribution in [-0.2, 0) is 24.9 Å². The number of aliphatic hydroxyl groups is 1. The van der Waals surface area contributed by atoms with Crippen LogP contribution in [0.5, 0.6) is 0 Å². The average molecular weight is 677 g/mol. The Bertz CT molecular complexity index is 1550. The van der Waals surface area contributed by atoms with Gasteiger partial charge in [0.25, 0.3) is 0 Å². The molecule has 3 nitrogen and oxygen atoms in total. The summed E-state index contributed by atoms with van der Waals surface area (Å²) in [5.41, 5.74) is 10.2. The van der Waals surface area contributed by atoms with Crippen molar-refractivity contribution in [3.8, 4) is 33.5 Å². The number of rotatable bonds is 4. The molecule has 0 bridgehead atoms. The van der Waals surface area contributed by atoms with Gasteiger partial charge in [-0.3, -0.25) is 9.78 Å². The van der Waals surface area contributed by atoms with Gasteiger partial charge in [-0.05, 0) is 53.9 Å². The molecule has 0 saturated carbocycles.